The standard InChI is InChI=1S/C20H30N2O3/c1-15-7-9-18(10-8-15)25-14-17(24)13-21-11-3-5-19(21)20-6-4-12-22(20)16(2)23/h7-10,17,19-20,24H,3-6,11-14H2,1-2H3/t17-,19-,20+/m0/s1. The van der Waals surface area contributed by atoms with E-state index in [4.69, 9.17) is 4.74 Å². The van der Waals surface area contributed by atoms with Crippen LogP contribution in [0.25, 0.3) is 0 Å². The molecule has 2 fully saturated rings. The summed E-state index contributed by atoms with van der Waals surface area (Å²) in [5.74, 6) is 0.971. The zero-order valence-electron chi connectivity index (χ0n) is 15.4. The van der Waals surface area contributed by atoms with Crippen molar-refractivity contribution in [1.82, 2.24) is 9.80 Å². The first-order valence-electron chi connectivity index (χ1n) is 9.43. The van der Waals surface area contributed by atoms with Crippen LogP contribution in [0.4, 0.5) is 0 Å². The molecule has 1 aromatic rings. The van der Waals surface area contributed by atoms with Crippen LogP contribution in [-0.4, -0.2) is 65.2 Å². The highest BCUT2D eigenvalue weighted by Crippen LogP contribution is 2.30. The number of hydrogen-bond acceptors (Lipinski definition) is 4. The molecular weight excluding hydrogens is 316 g/mol. The van der Waals surface area contributed by atoms with Gasteiger partial charge in [0, 0.05) is 32.1 Å². The van der Waals surface area contributed by atoms with E-state index in [1.165, 1.54) is 5.56 Å². The molecule has 0 unspecified atom stereocenters. The maximum atomic E-state index is 11.9. The van der Waals surface area contributed by atoms with Gasteiger partial charge in [0.1, 0.15) is 18.5 Å². The number of aliphatic hydroxyl groups is 1. The lowest BCUT2D eigenvalue weighted by Crippen LogP contribution is -2.49. The minimum atomic E-state index is -0.519. The number of β-amino-alcohol motifs (C(OH)–C–C–N with tert-alkyl or cyclic N) is 1. The van der Waals surface area contributed by atoms with E-state index in [1.807, 2.05) is 36.1 Å². The monoisotopic (exact) mass is 346 g/mol. The number of likely N-dealkylation sites (tertiary alicyclic amines) is 2. The third kappa shape index (κ3) is 4.53. The van der Waals surface area contributed by atoms with Crippen LogP contribution >= 0.6 is 0 Å². The molecule has 25 heavy (non-hydrogen) atoms. The van der Waals surface area contributed by atoms with Crippen LogP contribution in [0.3, 0.4) is 0 Å². The summed E-state index contributed by atoms with van der Waals surface area (Å²) in [7, 11) is 0. The average Bonchev–Trinajstić information content (AvgIpc) is 3.22. The first-order valence-corrected chi connectivity index (χ1v) is 9.43. The number of hydrogen-bond donors (Lipinski definition) is 1. The second-order valence-corrected chi connectivity index (χ2v) is 7.40. The Labute approximate surface area is 150 Å². The zero-order chi connectivity index (χ0) is 17.8. The Morgan fingerprint density at radius 2 is 1.88 bits per heavy atom. The van der Waals surface area contributed by atoms with E-state index in [-0.39, 0.29) is 5.91 Å². The quantitative estimate of drug-likeness (QED) is 0.858. The molecule has 0 aromatic heterocycles. The van der Waals surface area contributed by atoms with E-state index in [9.17, 15) is 9.90 Å². The molecule has 0 bridgehead atoms. The zero-order valence-corrected chi connectivity index (χ0v) is 15.4. The molecule has 2 aliphatic heterocycles. The van der Waals surface area contributed by atoms with Crippen LogP contribution in [0.1, 0.15) is 38.2 Å². The summed E-state index contributed by atoms with van der Waals surface area (Å²) in [6.45, 7) is 6.49. The van der Waals surface area contributed by atoms with Crippen molar-refractivity contribution in [2.45, 2.75) is 57.7 Å². The van der Waals surface area contributed by atoms with Gasteiger partial charge in [-0.1, -0.05) is 17.7 Å². The molecule has 0 aliphatic carbocycles. The van der Waals surface area contributed by atoms with Crippen LogP contribution in [0.15, 0.2) is 24.3 Å². The molecule has 5 nitrogen and oxygen atoms in total. The van der Waals surface area contributed by atoms with E-state index in [1.54, 1.807) is 6.92 Å². The fourth-order valence-electron chi connectivity index (χ4n) is 4.25. The highest BCUT2D eigenvalue weighted by Gasteiger charge is 2.39. The van der Waals surface area contributed by atoms with Crippen molar-refractivity contribution in [2.24, 2.45) is 0 Å². The number of carbonyl (C=O) groups is 1. The van der Waals surface area contributed by atoms with Gasteiger partial charge in [0.2, 0.25) is 5.91 Å². The Hall–Kier alpha value is -1.59. The van der Waals surface area contributed by atoms with Gasteiger partial charge in [-0.3, -0.25) is 9.69 Å². The van der Waals surface area contributed by atoms with Crippen molar-refractivity contribution < 1.29 is 14.6 Å². The Morgan fingerprint density at radius 3 is 2.60 bits per heavy atom. The van der Waals surface area contributed by atoms with Gasteiger partial charge < -0.3 is 14.7 Å². The molecule has 0 radical (unpaired) electrons. The molecule has 3 rings (SSSR count). The summed E-state index contributed by atoms with van der Waals surface area (Å²) >= 11 is 0. The number of ether oxygens (including phenoxy) is 1. The van der Waals surface area contributed by atoms with Gasteiger partial charge in [0.25, 0.3) is 0 Å². The van der Waals surface area contributed by atoms with Crippen LogP contribution < -0.4 is 4.74 Å². The Balaban J connectivity index is 1.52. The normalized spacial score (nSPS) is 25.3. The average molecular weight is 346 g/mol. The van der Waals surface area contributed by atoms with Gasteiger partial charge >= 0.3 is 0 Å². The third-order valence-electron chi connectivity index (χ3n) is 5.47. The summed E-state index contributed by atoms with van der Waals surface area (Å²) in [6.07, 6.45) is 3.90. The number of benzene rings is 1. The fraction of sp³-hybridized carbons (Fsp3) is 0.650. The molecule has 1 aromatic carbocycles. The first-order chi connectivity index (χ1) is 12.0. The second-order valence-electron chi connectivity index (χ2n) is 7.40. The minimum absolute atomic E-state index is 0.178. The number of rotatable bonds is 6. The predicted molar refractivity (Wildman–Crippen MR) is 97.7 cm³/mol. The number of aliphatic hydroxyl groups excluding tert-OH is 1. The maximum absolute atomic E-state index is 11.9. The second kappa shape index (κ2) is 8.19. The van der Waals surface area contributed by atoms with Crippen molar-refractivity contribution in [3.63, 3.8) is 0 Å². The van der Waals surface area contributed by atoms with E-state index < -0.39 is 6.10 Å². The molecule has 0 saturated carbocycles. The number of amides is 1. The molecule has 1 N–H and O–H groups in total. The largest absolute Gasteiger partial charge is 0.491 e. The van der Waals surface area contributed by atoms with E-state index >= 15 is 0 Å². The fourth-order valence-corrected chi connectivity index (χ4v) is 4.25. The molecule has 2 saturated heterocycles. The van der Waals surface area contributed by atoms with Gasteiger partial charge in [-0.05, 0) is 51.3 Å². The van der Waals surface area contributed by atoms with Crippen molar-refractivity contribution in [3.8, 4) is 5.75 Å². The smallest absolute Gasteiger partial charge is 0.219 e. The molecule has 2 heterocycles. The lowest BCUT2D eigenvalue weighted by Gasteiger charge is -2.35. The van der Waals surface area contributed by atoms with Gasteiger partial charge in [0.15, 0.2) is 0 Å². The molecule has 0 spiro atoms. The highest BCUT2D eigenvalue weighted by atomic mass is 16.5. The van der Waals surface area contributed by atoms with Crippen LogP contribution in [0.2, 0.25) is 0 Å². The topological polar surface area (TPSA) is 53.0 Å². The van der Waals surface area contributed by atoms with Gasteiger partial charge in [-0.2, -0.15) is 0 Å². The van der Waals surface area contributed by atoms with Gasteiger partial charge in [-0.25, -0.2) is 0 Å². The van der Waals surface area contributed by atoms with E-state index in [0.29, 0.717) is 25.2 Å². The SMILES string of the molecule is CC(=O)N1CCC[C@@H]1[C@@H]1CCCN1C[C@H](O)COc1ccc(C)cc1. The van der Waals surface area contributed by atoms with Crippen molar-refractivity contribution in [3.05, 3.63) is 29.8 Å². The van der Waals surface area contributed by atoms with Gasteiger partial charge in [-0.15, -0.1) is 0 Å². The Kier molecular flexibility index (Phi) is 5.97. The van der Waals surface area contributed by atoms with Crippen LogP contribution in [0, 0.1) is 6.92 Å². The summed E-state index contributed by atoms with van der Waals surface area (Å²) in [5, 5.41) is 10.4. The summed E-state index contributed by atoms with van der Waals surface area (Å²) < 4.78 is 5.71. The molecule has 3 atom stereocenters. The summed E-state index contributed by atoms with van der Waals surface area (Å²) in [5.41, 5.74) is 1.19. The summed E-state index contributed by atoms with van der Waals surface area (Å²) in [4.78, 5) is 16.2. The number of carbonyl (C=O) groups excluding carboxylic acids is 1. The first kappa shape index (κ1) is 18.2. The molecule has 138 valence electrons. The third-order valence-corrected chi connectivity index (χ3v) is 5.47. The van der Waals surface area contributed by atoms with Gasteiger partial charge in [0.05, 0.1) is 0 Å². The molecule has 1 amide bonds. The Bertz CT molecular complexity index is 575. The molecular formula is C20H30N2O3. The summed E-state index contributed by atoms with van der Waals surface area (Å²) in [6, 6.07) is 8.57. The lowest BCUT2D eigenvalue weighted by molar-refractivity contribution is -0.130. The predicted octanol–water partition coefficient (Wildman–Crippen LogP) is 2.21. The van der Waals surface area contributed by atoms with Crippen LogP contribution in [-0.2, 0) is 4.79 Å². The van der Waals surface area contributed by atoms with E-state index in [2.05, 4.69) is 4.90 Å². The maximum Gasteiger partial charge on any atom is 0.219 e. The van der Waals surface area contributed by atoms with Crippen molar-refractivity contribution >= 4 is 5.91 Å². The lowest BCUT2D eigenvalue weighted by atomic mass is 10.0. The van der Waals surface area contributed by atoms with Crippen molar-refractivity contribution in [2.75, 3.05) is 26.2 Å². The van der Waals surface area contributed by atoms with Crippen molar-refractivity contribution in [1.29, 1.82) is 0 Å². The van der Waals surface area contributed by atoms with E-state index in [0.717, 1.165) is 44.5 Å². The number of nitrogens with zero attached hydrogens (tertiary/aromatic N) is 2. The minimum Gasteiger partial charge on any atom is -0.491 e. The molecule has 5 heteroatoms. The van der Waals surface area contributed by atoms with Crippen LogP contribution in [0.5, 0.6) is 5.75 Å². The Morgan fingerprint density at radius 1 is 1.20 bits per heavy atom. The number of aryl methyl sites for hydroxylation is 1. The molecule has 2 aliphatic rings. The highest BCUT2D eigenvalue weighted by molar-refractivity contribution is 5.74.